The van der Waals surface area contributed by atoms with Crippen LogP contribution >= 0.6 is 31.9 Å². The number of likely N-dealkylation sites (tertiary alicyclic amines) is 1. The summed E-state index contributed by atoms with van der Waals surface area (Å²) < 4.78 is 12.4. The Labute approximate surface area is 144 Å². The van der Waals surface area contributed by atoms with E-state index in [1.54, 1.807) is 29.4 Å². The lowest BCUT2D eigenvalue weighted by atomic mass is 10.1. The molecule has 2 aromatic heterocycles. The highest BCUT2D eigenvalue weighted by atomic mass is 79.9. The fraction of sp³-hybridized carbons (Fsp3) is 0.357. The van der Waals surface area contributed by atoms with Crippen molar-refractivity contribution in [3.05, 3.63) is 39.4 Å². The van der Waals surface area contributed by atoms with Crippen LogP contribution < -0.4 is 4.74 Å². The van der Waals surface area contributed by atoms with Crippen molar-refractivity contribution in [3.8, 4) is 6.01 Å². The maximum absolute atomic E-state index is 12.4. The first kappa shape index (κ1) is 15.5. The van der Waals surface area contributed by atoms with Gasteiger partial charge in [-0.2, -0.15) is 0 Å². The summed E-state index contributed by atoms with van der Waals surface area (Å²) in [6, 6.07) is 3.69. The van der Waals surface area contributed by atoms with Crippen molar-refractivity contribution in [2.45, 2.75) is 18.9 Å². The Hall–Kier alpha value is -1.41. The van der Waals surface area contributed by atoms with Crippen molar-refractivity contribution >= 4 is 37.8 Å². The molecule has 1 atom stereocenters. The number of furan rings is 1. The van der Waals surface area contributed by atoms with Crippen LogP contribution in [-0.4, -0.2) is 40.0 Å². The van der Waals surface area contributed by atoms with Crippen LogP contribution in [0.15, 0.2) is 38.1 Å². The molecule has 1 fully saturated rings. The van der Waals surface area contributed by atoms with E-state index in [9.17, 15) is 4.79 Å². The zero-order valence-corrected chi connectivity index (χ0v) is 14.7. The molecule has 0 radical (unpaired) electrons. The Morgan fingerprint density at radius 2 is 2.09 bits per heavy atom. The summed E-state index contributed by atoms with van der Waals surface area (Å²) in [5.74, 6) is 0.197. The van der Waals surface area contributed by atoms with Crippen molar-refractivity contribution in [2.24, 2.45) is 0 Å². The van der Waals surface area contributed by atoms with Crippen LogP contribution in [0, 0.1) is 0 Å². The third kappa shape index (κ3) is 3.67. The number of carbonyl (C=O) groups is 1. The molecule has 0 aliphatic carbocycles. The second-order valence-corrected chi connectivity index (χ2v) is 6.62. The quantitative estimate of drug-likeness (QED) is 0.747. The number of aromatic nitrogens is 2. The predicted molar refractivity (Wildman–Crippen MR) is 85.7 cm³/mol. The lowest BCUT2D eigenvalue weighted by Crippen LogP contribution is -2.44. The fourth-order valence-corrected chi connectivity index (χ4v) is 2.83. The first-order valence-electron chi connectivity index (χ1n) is 6.80. The lowest BCUT2D eigenvalue weighted by molar-refractivity contribution is 0.0488. The van der Waals surface area contributed by atoms with Crippen LogP contribution in [0.5, 0.6) is 6.01 Å². The third-order valence-electron chi connectivity index (χ3n) is 3.32. The molecule has 1 amide bonds. The van der Waals surface area contributed by atoms with E-state index >= 15 is 0 Å². The summed E-state index contributed by atoms with van der Waals surface area (Å²) in [7, 11) is 0. The molecule has 3 rings (SSSR count). The molecule has 1 saturated heterocycles. The molecule has 3 heterocycles. The molecule has 0 spiro atoms. The highest BCUT2D eigenvalue weighted by Gasteiger charge is 2.27. The average Bonchev–Trinajstić information content (AvgIpc) is 2.96. The van der Waals surface area contributed by atoms with Crippen LogP contribution in [0.3, 0.4) is 0 Å². The smallest absolute Gasteiger partial charge is 0.316 e. The second kappa shape index (κ2) is 6.78. The van der Waals surface area contributed by atoms with E-state index < -0.39 is 0 Å². The van der Waals surface area contributed by atoms with E-state index in [2.05, 4.69) is 41.8 Å². The van der Waals surface area contributed by atoms with Crippen LogP contribution in [0.4, 0.5) is 0 Å². The Balaban J connectivity index is 1.63. The molecule has 0 aromatic carbocycles. The summed E-state index contributed by atoms with van der Waals surface area (Å²) in [6.45, 7) is 1.19. The first-order valence-corrected chi connectivity index (χ1v) is 8.39. The van der Waals surface area contributed by atoms with Gasteiger partial charge in [-0.15, -0.1) is 0 Å². The van der Waals surface area contributed by atoms with E-state index in [0.717, 1.165) is 17.3 Å². The van der Waals surface area contributed by atoms with E-state index in [1.807, 2.05) is 0 Å². The number of hydrogen-bond donors (Lipinski definition) is 0. The van der Waals surface area contributed by atoms with Crippen molar-refractivity contribution in [2.75, 3.05) is 13.1 Å². The van der Waals surface area contributed by atoms with Gasteiger partial charge in [0.15, 0.2) is 10.4 Å². The minimum Gasteiger partial charge on any atom is -0.458 e. The number of hydrogen-bond acceptors (Lipinski definition) is 5. The number of amides is 1. The van der Waals surface area contributed by atoms with Gasteiger partial charge in [0.2, 0.25) is 0 Å². The molecular weight excluding hydrogens is 418 g/mol. The Kier molecular flexibility index (Phi) is 4.77. The molecule has 22 heavy (non-hydrogen) atoms. The molecule has 0 saturated carbocycles. The van der Waals surface area contributed by atoms with Crippen molar-refractivity contribution in [1.82, 2.24) is 14.9 Å². The third-order valence-corrected chi connectivity index (χ3v) is 4.15. The molecular formula is C14H13Br2N3O3. The molecule has 8 heteroatoms. The van der Waals surface area contributed by atoms with Crippen LogP contribution in [-0.2, 0) is 0 Å². The van der Waals surface area contributed by atoms with Crippen molar-refractivity contribution < 1.29 is 13.9 Å². The lowest BCUT2D eigenvalue weighted by Gasteiger charge is -2.31. The van der Waals surface area contributed by atoms with Gasteiger partial charge >= 0.3 is 6.01 Å². The summed E-state index contributed by atoms with van der Waals surface area (Å²) >= 11 is 6.48. The van der Waals surface area contributed by atoms with E-state index in [1.165, 1.54) is 0 Å². The maximum Gasteiger partial charge on any atom is 0.316 e. The molecule has 2 aromatic rings. The number of piperidine rings is 1. The second-order valence-electron chi connectivity index (χ2n) is 4.92. The van der Waals surface area contributed by atoms with Crippen molar-refractivity contribution in [1.29, 1.82) is 0 Å². The fourth-order valence-electron chi connectivity index (χ4n) is 2.31. The molecule has 1 aliphatic rings. The van der Waals surface area contributed by atoms with Gasteiger partial charge in [-0.25, -0.2) is 9.97 Å². The van der Waals surface area contributed by atoms with Gasteiger partial charge in [0, 0.05) is 18.9 Å². The van der Waals surface area contributed by atoms with E-state index in [-0.39, 0.29) is 12.0 Å². The normalized spacial score (nSPS) is 18.3. The first-order chi connectivity index (χ1) is 10.6. The highest BCUT2D eigenvalue weighted by molar-refractivity contribution is 9.10. The largest absolute Gasteiger partial charge is 0.458 e. The number of halogens is 2. The predicted octanol–water partition coefficient (Wildman–Crippen LogP) is 3.28. The monoisotopic (exact) mass is 429 g/mol. The van der Waals surface area contributed by atoms with Gasteiger partial charge in [0.05, 0.1) is 11.0 Å². The number of nitrogens with zero attached hydrogens (tertiary/aromatic N) is 3. The Bertz CT molecular complexity index is 660. The standard InChI is InChI=1S/C14H13Br2N3O3/c15-9-6-17-14(18-7-9)21-10-2-1-5-19(8-10)13(20)11-3-4-12(16)22-11/h3-4,6-7,10H,1-2,5,8H2. The van der Waals surface area contributed by atoms with Gasteiger partial charge in [-0.3, -0.25) is 4.79 Å². The summed E-state index contributed by atoms with van der Waals surface area (Å²) in [6.07, 6.45) is 4.89. The topological polar surface area (TPSA) is 68.5 Å². The van der Waals surface area contributed by atoms with Crippen molar-refractivity contribution in [3.63, 3.8) is 0 Å². The zero-order chi connectivity index (χ0) is 15.5. The van der Waals surface area contributed by atoms with Gasteiger partial charge in [0.25, 0.3) is 5.91 Å². The van der Waals surface area contributed by atoms with Gasteiger partial charge in [0.1, 0.15) is 6.10 Å². The van der Waals surface area contributed by atoms with Crippen LogP contribution in [0.25, 0.3) is 0 Å². The summed E-state index contributed by atoms with van der Waals surface area (Å²) in [5.41, 5.74) is 0. The minimum atomic E-state index is -0.129. The van der Waals surface area contributed by atoms with Crippen LogP contribution in [0.2, 0.25) is 0 Å². The van der Waals surface area contributed by atoms with Gasteiger partial charge in [-0.05, 0) is 56.8 Å². The Morgan fingerprint density at radius 1 is 1.32 bits per heavy atom. The molecule has 6 nitrogen and oxygen atoms in total. The Morgan fingerprint density at radius 3 is 2.77 bits per heavy atom. The van der Waals surface area contributed by atoms with E-state index in [0.29, 0.717) is 29.5 Å². The molecule has 0 N–H and O–H groups in total. The highest BCUT2D eigenvalue weighted by Crippen LogP contribution is 2.20. The number of rotatable bonds is 3. The van der Waals surface area contributed by atoms with Gasteiger partial charge < -0.3 is 14.1 Å². The summed E-state index contributed by atoms with van der Waals surface area (Å²) in [5, 5.41) is 0. The molecule has 0 bridgehead atoms. The number of carbonyl (C=O) groups excluding carboxylic acids is 1. The molecule has 116 valence electrons. The van der Waals surface area contributed by atoms with Gasteiger partial charge in [-0.1, -0.05) is 0 Å². The van der Waals surface area contributed by atoms with Crippen LogP contribution in [0.1, 0.15) is 23.4 Å². The zero-order valence-electron chi connectivity index (χ0n) is 11.5. The molecule has 1 unspecified atom stereocenters. The SMILES string of the molecule is O=C(c1ccc(Br)o1)N1CCCC(Oc2ncc(Br)cn2)C1. The minimum absolute atomic E-state index is 0.114. The molecule has 1 aliphatic heterocycles. The average molecular weight is 431 g/mol. The maximum atomic E-state index is 12.4. The summed E-state index contributed by atoms with van der Waals surface area (Å²) in [4.78, 5) is 22.3. The number of ether oxygens (including phenoxy) is 1. The van der Waals surface area contributed by atoms with E-state index in [4.69, 9.17) is 9.15 Å².